The minimum atomic E-state index is -0.666. The van der Waals surface area contributed by atoms with E-state index >= 15 is 0 Å². The molecular weight excluding hydrogens is 380 g/mol. The van der Waals surface area contributed by atoms with Crippen molar-refractivity contribution in [2.45, 2.75) is 32.8 Å². The molecule has 4 nitrogen and oxygen atoms in total. The molecule has 0 radical (unpaired) electrons. The zero-order valence-electron chi connectivity index (χ0n) is 15.4. The summed E-state index contributed by atoms with van der Waals surface area (Å²) in [6.07, 6.45) is -0.666. The molecule has 3 aromatic rings. The summed E-state index contributed by atoms with van der Waals surface area (Å²) in [6.45, 7) is 6.02. The van der Waals surface area contributed by atoms with Crippen molar-refractivity contribution in [1.82, 2.24) is 4.98 Å². The number of nitrogens with one attached hydrogen (secondary N) is 1. The van der Waals surface area contributed by atoms with E-state index in [1.807, 2.05) is 5.38 Å². The lowest BCUT2D eigenvalue weighted by Crippen LogP contribution is -2.30. The van der Waals surface area contributed by atoms with Gasteiger partial charge in [0, 0.05) is 16.0 Å². The molecule has 0 saturated carbocycles. The summed E-state index contributed by atoms with van der Waals surface area (Å²) in [7, 11) is 0. The Labute approximate surface area is 168 Å². The molecular formula is C21H21ClN2O2S. The molecule has 0 fully saturated rings. The third kappa shape index (κ3) is 5.08. The zero-order valence-corrected chi connectivity index (χ0v) is 17.0. The number of nitrogens with zero attached hydrogens (tertiary/aromatic N) is 1. The van der Waals surface area contributed by atoms with Crippen LogP contribution in [0.1, 0.15) is 32.3 Å². The van der Waals surface area contributed by atoms with Crippen molar-refractivity contribution in [3.63, 3.8) is 0 Å². The Balaban J connectivity index is 1.63. The molecule has 0 aliphatic rings. The highest BCUT2D eigenvalue weighted by molar-refractivity contribution is 7.14. The molecule has 1 atom stereocenters. The summed E-state index contributed by atoms with van der Waals surface area (Å²) in [4.78, 5) is 16.9. The first-order valence-electron chi connectivity index (χ1n) is 8.71. The van der Waals surface area contributed by atoms with Crippen LogP contribution in [0.25, 0.3) is 11.3 Å². The van der Waals surface area contributed by atoms with Crippen molar-refractivity contribution in [3.05, 3.63) is 64.5 Å². The Bertz CT molecular complexity index is 922. The van der Waals surface area contributed by atoms with Gasteiger partial charge in [-0.2, -0.15) is 0 Å². The molecule has 0 aliphatic heterocycles. The third-order valence-electron chi connectivity index (χ3n) is 4.09. The van der Waals surface area contributed by atoms with E-state index in [1.165, 1.54) is 16.9 Å². The fourth-order valence-electron chi connectivity index (χ4n) is 2.51. The molecule has 0 spiro atoms. The summed E-state index contributed by atoms with van der Waals surface area (Å²) in [6, 6.07) is 15.3. The van der Waals surface area contributed by atoms with Crippen LogP contribution in [0.2, 0.25) is 5.02 Å². The standard InChI is InChI=1S/C21H21ClN2O2S/c1-13(2)15-7-9-16(10-8-15)19-12-27-21(23-19)24-20(25)14(3)26-18-6-4-5-17(22)11-18/h4-14H,1-3H3,(H,23,24,25). The topological polar surface area (TPSA) is 51.2 Å². The van der Waals surface area contributed by atoms with Gasteiger partial charge in [-0.05, 0) is 36.6 Å². The third-order valence-corrected chi connectivity index (χ3v) is 5.08. The molecule has 0 bridgehead atoms. The normalized spacial score (nSPS) is 12.0. The number of carbonyl (C=O) groups excluding carboxylic acids is 1. The molecule has 0 aliphatic carbocycles. The van der Waals surface area contributed by atoms with E-state index in [0.29, 0.717) is 21.8 Å². The van der Waals surface area contributed by atoms with E-state index in [-0.39, 0.29) is 5.91 Å². The molecule has 1 aromatic heterocycles. The van der Waals surface area contributed by atoms with E-state index in [9.17, 15) is 4.79 Å². The van der Waals surface area contributed by atoms with E-state index in [2.05, 4.69) is 48.4 Å². The maximum atomic E-state index is 12.4. The molecule has 1 N–H and O–H groups in total. The summed E-state index contributed by atoms with van der Waals surface area (Å²) in [5.74, 6) is 0.784. The van der Waals surface area contributed by atoms with Gasteiger partial charge in [0.15, 0.2) is 11.2 Å². The lowest BCUT2D eigenvalue weighted by atomic mass is 10.0. The number of amides is 1. The average molecular weight is 401 g/mol. The summed E-state index contributed by atoms with van der Waals surface area (Å²) < 4.78 is 5.64. The van der Waals surface area contributed by atoms with Crippen molar-refractivity contribution in [2.75, 3.05) is 5.32 Å². The first-order valence-corrected chi connectivity index (χ1v) is 9.97. The van der Waals surface area contributed by atoms with Crippen molar-refractivity contribution in [3.8, 4) is 17.0 Å². The van der Waals surface area contributed by atoms with Gasteiger partial charge in [-0.3, -0.25) is 10.1 Å². The van der Waals surface area contributed by atoms with Crippen molar-refractivity contribution < 1.29 is 9.53 Å². The maximum Gasteiger partial charge on any atom is 0.266 e. The van der Waals surface area contributed by atoms with Gasteiger partial charge in [0.1, 0.15) is 5.75 Å². The summed E-state index contributed by atoms with van der Waals surface area (Å²) >= 11 is 7.33. The molecule has 140 valence electrons. The average Bonchev–Trinajstić information content (AvgIpc) is 3.10. The SMILES string of the molecule is CC(Oc1cccc(Cl)c1)C(=O)Nc1nc(-c2ccc(C(C)C)cc2)cs1. The molecule has 1 amide bonds. The van der Waals surface area contributed by atoms with Crippen LogP contribution in [-0.4, -0.2) is 17.0 Å². The van der Waals surface area contributed by atoms with E-state index in [0.717, 1.165) is 11.3 Å². The summed E-state index contributed by atoms with van der Waals surface area (Å²) in [5, 5.41) is 5.85. The number of anilines is 1. The minimum Gasteiger partial charge on any atom is -0.481 e. The number of hydrogen-bond donors (Lipinski definition) is 1. The molecule has 27 heavy (non-hydrogen) atoms. The van der Waals surface area contributed by atoms with Gasteiger partial charge < -0.3 is 4.74 Å². The highest BCUT2D eigenvalue weighted by Gasteiger charge is 2.17. The van der Waals surface area contributed by atoms with E-state index in [4.69, 9.17) is 16.3 Å². The number of thiazole rings is 1. The van der Waals surface area contributed by atoms with Crippen LogP contribution < -0.4 is 10.1 Å². The largest absolute Gasteiger partial charge is 0.481 e. The number of hydrogen-bond acceptors (Lipinski definition) is 4. The Morgan fingerprint density at radius 2 is 1.89 bits per heavy atom. The van der Waals surface area contributed by atoms with Crippen LogP contribution in [0.4, 0.5) is 5.13 Å². The first kappa shape index (κ1) is 19.4. The lowest BCUT2D eigenvalue weighted by molar-refractivity contribution is -0.122. The molecule has 1 unspecified atom stereocenters. The van der Waals surface area contributed by atoms with Crippen molar-refractivity contribution >= 4 is 34.0 Å². The Morgan fingerprint density at radius 3 is 2.56 bits per heavy atom. The fourth-order valence-corrected chi connectivity index (χ4v) is 3.41. The monoisotopic (exact) mass is 400 g/mol. The van der Waals surface area contributed by atoms with Gasteiger partial charge in [0.2, 0.25) is 0 Å². The van der Waals surface area contributed by atoms with Crippen molar-refractivity contribution in [2.24, 2.45) is 0 Å². The van der Waals surface area contributed by atoms with Gasteiger partial charge in [-0.1, -0.05) is 55.8 Å². The quantitative estimate of drug-likeness (QED) is 0.552. The molecule has 2 aromatic carbocycles. The number of aromatic nitrogens is 1. The van der Waals surface area contributed by atoms with Gasteiger partial charge in [-0.25, -0.2) is 4.98 Å². The molecule has 1 heterocycles. The van der Waals surface area contributed by atoms with Crippen LogP contribution in [0.15, 0.2) is 53.9 Å². The fraction of sp³-hybridized carbons (Fsp3) is 0.238. The maximum absolute atomic E-state index is 12.4. The van der Waals surface area contributed by atoms with Crippen LogP contribution in [-0.2, 0) is 4.79 Å². The van der Waals surface area contributed by atoms with E-state index in [1.54, 1.807) is 31.2 Å². The minimum absolute atomic E-state index is 0.258. The Hall–Kier alpha value is -2.37. The summed E-state index contributed by atoms with van der Waals surface area (Å²) in [5.41, 5.74) is 3.16. The molecule has 0 saturated heterocycles. The highest BCUT2D eigenvalue weighted by atomic mass is 35.5. The smallest absolute Gasteiger partial charge is 0.266 e. The van der Waals surface area contributed by atoms with Gasteiger partial charge in [0.25, 0.3) is 5.91 Å². The number of rotatable bonds is 6. The number of halogens is 1. The van der Waals surface area contributed by atoms with Crippen molar-refractivity contribution in [1.29, 1.82) is 0 Å². The number of carbonyl (C=O) groups is 1. The Morgan fingerprint density at radius 1 is 1.15 bits per heavy atom. The number of benzene rings is 2. The first-order chi connectivity index (χ1) is 12.9. The number of ether oxygens (including phenoxy) is 1. The van der Waals surface area contributed by atoms with Gasteiger partial charge >= 0.3 is 0 Å². The predicted octanol–water partition coefficient (Wildman–Crippen LogP) is 5.99. The van der Waals surface area contributed by atoms with Gasteiger partial charge in [0.05, 0.1) is 5.69 Å². The van der Waals surface area contributed by atoms with Crippen LogP contribution in [0.3, 0.4) is 0 Å². The van der Waals surface area contributed by atoms with E-state index < -0.39 is 6.10 Å². The Kier molecular flexibility index (Phi) is 6.14. The highest BCUT2D eigenvalue weighted by Crippen LogP contribution is 2.27. The molecule has 6 heteroatoms. The predicted molar refractivity (Wildman–Crippen MR) is 112 cm³/mol. The van der Waals surface area contributed by atoms with Gasteiger partial charge in [-0.15, -0.1) is 11.3 Å². The second-order valence-electron chi connectivity index (χ2n) is 6.52. The second kappa shape index (κ2) is 8.55. The lowest BCUT2D eigenvalue weighted by Gasteiger charge is -2.13. The molecule has 3 rings (SSSR count). The van der Waals surface area contributed by atoms with Crippen LogP contribution in [0, 0.1) is 0 Å². The van der Waals surface area contributed by atoms with Crippen LogP contribution in [0.5, 0.6) is 5.75 Å². The van der Waals surface area contributed by atoms with Crippen LogP contribution >= 0.6 is 22.9 Å². The second-order valence-corrected chi connectivity index (χ2v) is 7.82. The zero-order chi connectivity index (χ0) is 19.4.